The lowest BCUT2D eigenvalue weighted by Crippen LogP contribution is -2.46. The molecule has 0 radical (unpaired) electrons. The maximum atomic E-state index is 12.1. The topological polar surface area (TPSA) is 72.9 Å². The zero-order chi connectivity index (χ0) is 15.5. The summed E-state index contributed by atoms with van der Waals surface area (Å²) in [5.41, 5.74) is 0.950. The highest BCUT2D eigenvalue weighted by atomic mass is 32.2. The van der Waals surface area contributed by atoms with Gasteiger partial charge in [0.05, 0.1) is 18.1 Å². The summed E-state index contributed by atoms with van der Waals surface area (Å²) in [4.78, 5) is 13.7. The van der Waals surface area contributed by atoms with E-state index in [-0.39, 0.29) is 10.8 Å². The number of nitrogens with zero attached hydrogens (tertiary/aromatic N) is 1. The van der Waals surface area contributed by atoms with E-state index >= 15 is 0 Å². The lowest BCUT2D eigenvalue weighted by Gasteiger charge is -2.28. The van der Waals surface area contributed by atoms with E-state index in [4.69, 9.17) is 8.92 Å². The third kappa shape index (κ3) is 4.03. The Morgan fingerprint density at radius 3 is 2.38 bits per heavy atom. The number of amides is 1. The largest absolute Gasteiger partial charge is 0.378 e. The van der Waals surface area contributed by atoms with Gasteiger partial charge in [0.15, 0.2) is 6.10 Å². The molecule has 7 heteroatoms. The number of rotatable bonds is 4. The smallest absolute Gasteiger partial charge is 0.297 e. The summed E-state index contributed by atoms with van der Waals surface area (Å²) in [6, 6.07) is 6.31. The first kappa shape index (κ1) is 15.9. The van der Waals surface area contributed by atoms with E-state index in [0.29, 0.717) is 26.3 Å². The quantitative estimate of drug-likeness (QED) is 0.774. The Kier molecular flexibility index (Phi) is 4.97. The standard InChI is InChI=1S/C14H19NO5S/c1-11-3-5-13(6-4-11)21(17,18)20-12(2)14(16)15-7-9-19-10-8-15/h3-6,12H,7-10H2,1-2H3/t12-/m0/s1. The number of carbonyl (C=O) groups is 1. The highest BCUT2D eigenvalue weighted by Gasteiger charge is 2.28. The molecule has 0 spiro atoms. The van der Waals surface area contributed by atoms with Gasteiger partial charge in [-0.3, -0.25) is 8.98 Å². The summed E-state index contributed by atoms with van der Waals surface area (Å²) >= 11 is 0. The molecule has 116 valence electrons. The van der Waals surface area contributed by atoms with E-state index in [0.717, 1.165) is 5.56 Å². The molecule has 0 aliphatic carbocycles. The molecule has 1 saturated heterocycles. The lowest BCUT2D eigenvalue weighted by molar-refractivity contribution is -0.141. The van der Waals surface area contributed by atoms with Crippen LogP contribution in [0.25, 0.3) is 0 Å². The Labute approximate surface area is 124 Å². The second-order valence-corrected chi connectivity index (χ2v) is 6.52. The second kappa shape index (κ2) is 6.55. The van der Waals surface area contributed by atoms with Crippen LogP contribution in [-0.2, 0) is 23.8 Å². The molecule has 1 fully saturated rings. The van der Waals surface area contributed by atoms with E-state index in [1.165, 1.54) is 19.1 Å². The number of ether oxygens (including phenoxy) is 1. The number of morpholine rings is 1. The van der Waals surface area contributed by atoms with Gasteiger partial charge in [-0.25, -0.2) is 0 Å². The van der Waals surface area contributed by atoms with Crippen molar-refractivity contribution < 1.29 is 22.1 Å². The SMILES string of the molecule is Cc1ccc(S(=O)(=O)O[C@@H](C)C(=O)N2CCOCC2)cc1. The normalized spacial score (nSPS) is 17.5. The van der Waals surface area contributed by atoms with Crippen molar-refractivity contribution in [2.24, 2.45) is 0 Å². The van der Waals surface area contributed by atoms with Gasteiger partial charge in [-0.1, -0.05) is 17.7 Å². The fraction of sp³-hybridized carbons (Fsp3) is 0.500. The predicted octanol–water partition coefficient (Wildman–Crippen LogP) is 0.948. The molecule has 6 nitrogen and oxygen atoms in total. The highest BCUT2D eigenvalue weighted by Crippen LogP contribution is 2.16. The van der Waals surface area contributed by atoms with E-state index in [1.807, 2.05) is 6.92 Å². The fourth-order valence-corrected chi connectivity index (χ4v) is 3.08. The van der Waals surface area contributed by atoms with Crippen molar-refractivity contribution in [2.75, 3.05) is 26.3 Å². The first-order valence-electron chi connectivity index (χ1n) is 6.76. The first-order valence-corrected chi connectivity index (χ1v) is 8.17. The third-order valence-corrected chi connectivity index (χ3v) is 4.64. The zero-order valence-corrected chi connectivity index (χ0v) is 12.9. The van der Waals surface area contributed by atoms with Crippen LogP contribution in [0.1, 0.15) is 12.5 Å². The number of benzene rings is 1. The molecule has 1 aliphatic rings. The van der Waals surface area contributed by atoms with Crippen LogP contribution in [-0.4, -0.2) is 51.6 Å². The monoisotopic (exact) mass is 313 g/mol. The maximum absolute atomic E-state index is 12.1. The van der Waals surface area contributed by atoms with Crippen molar-refractivity contribution in [3.8, 4) is 0 Å². The minimum atomic E-state index is -3.94. The molecule has 1 aliphatic heterocycles. The van der Waals surface area contributed by atoms with Gasteiger partial charge in [0.2, 0.25) is 0 Å². The molecular formula is C14H19NO5S. The fourth-order valence-electron chi connectivity index (χ4n) is 2.03. The summed E-state index contributed by atoms with van der Waals surface area (Å²) in [6.07, 6.45) is -1.05. The summed E-state index contributed by atoms with van der Waals surface area (Å²) < 4.78 is 34.4. The summed E-state index contributed by atoms with van der Waals surface area (Å²) in [7, 11) is -3.94. The van der Waals surface area contributed by atoms with E-state index in [1.54, 1.807) is 17.0 Å². The molecule has 0 bridgehead atoms. The van der Waals surface area contributed by atoms with Gasteiger partial charge < -0.3 is 9.64 Å². The highest BCUT2D eigenvalue weighted by molar-refractivity contribution is 7.86. The van der Waals surface area contributed by atoms with Gasteiger partial charge in [-0.2, -0.15) is 8.42 Å². The van der Waals surface area contributed by atoms with Crippen LogP contribution in [0.4, 0.5) is 0 Å². The van der Waals surface area contributed by atoms with Crippen LogP contribution < -0.4 is 0 Å². The molecule has 1 amide bonds. The Morgan fingerprint density at radius 2 is 1.81 bits per heavy atom. The number of hydrogen-bond acceptors (Lipinski definition) is 5. The number of hydrogen-bond donors (Lipinski definition) is 0. The van der Waals surface area contributed by atoms with E-state index in [2.05, 4.69) is 0 Å². The molecule has 1 aromatic rings. The summed E-state index contributed by atoms with van der Waals surface area (Å²) in [5.74, 6) is -0.339. The maximum Gasteiger partial charge on any atom is 0.297 e. The minimum absolute atomic E-state index is 0.0507. The van der Waals surface area contributed by atoms with Crippen LogP contribution in [0.2, 0.25) is 0 Å². The predicted molar refractivity (Wildman–Crippen MR) is 76.3 cm³/mol. The minimum Gasteiger partial charge on any atom is -0.378 e. The van der Waals surface area contributed by atoms with Gasteiger partial charge in [0.1, 0.15) is 0 Å². The molecular weight excluding hydrogens is 294 g/mol. The molecule has 0 aromatic heterocycles. The molecule has 0 saturated carbocycles. The van der Waals surface area contributed by atoms with Gasteiger partial charge in [0, 0.05) is 13.1 Å². The molecule has 1 aromatic carbocycles. The zero-order valence-electron chi connectivity index (χ0n) is 12.1. The summed E-state index contributed by atoms with van der Waals surface area (Å²) in [6.45, 7) is 5.14. The van der Waals surface area contributed by atoms with Crippen molar-refractivity contribution >= 4 is 16.0 Å². The van der Waals surface area contributed by atoms with E-state index < -0.39 is 16.2 Å². The van der Waals surface area contributed by atoms with Gasteiger partial charge in [0.25, 0.3) is 16.0 Å². The van der Waals surface area contributed by atoms with Crippen molar-refractivity contribution in [1.82, 2.24) is 4.90 Å². The van der Waals surface area contributed by atoms with Crippen molar-refractivity contribution in [2.45, 2.75) is 24.8 Å². The average molecular weight is 313 g/mol. The molecule has 2 rings (SSSR count). The van der Waals surface area contributed by atoms with Crippen molar-refractivity contribution in [3.63, 3.8) is 0 Å². The van der Waals surface area contributed by atoms with E-state index in [9.17, 15) is 13.2 Å². The van der Waals surface area contributed by atoms with Crippen LogP contribution in [0.5, 0.6) is 0 Å². The molecule has 21 heavy (non-hydrogen) atoms. The van der Waals surface area contributed by atoms with Gasteiger partial charge >= 0.3 is 0 Å². The van der Waals surface area contributed by atoms with Crippen LogP contribution in [0.15, 0.2) is 29.2 Å². The van der Waals surface area contributed by atoms with Gasteiger partial charge in [-0.15, -0.1) is 0 Å². The lowest BCUT2D eigenvalue weighted by atomic mass is 10.2. The Balaban J connectivity index is 2.05. The third-order valence-electron chi connectivity index (χ3n) is 3.25. The molecule has 1 atom stereocenters. The molecule has 1 heterocycles. The van der Waals surface area contributed by atoms with Gasteiger partial charge in [-0.05, 0) is 26.0 Å². The Bertz CT molecular complexity index is 590. The Morgan fingerprint density at radius 1 is 1.24 bits per heavy atom. The summed E-state index contributed by atoms with van der Waals surface area (Å²) in [5, 5.41) is 0. The van der Waals surface area contributed by atoms with Crippen LogP contribution in [0, 0.1) is 6.92 Å². The van der Waals surface area contributed by atoms with Crippen molar-refractivity contribution in [1.29, 1.82) is 0 Å². The van der Waals surface area contributed by atoms with Crippen LogP contribution >= 0.6 is 0 Å². The molecule has 0 N–H and O–H groups in total. The second-order valence-electron chi connectivity index (χ2n) is 4.94. The number of aryl methyl sites for hydroxylation is 1. The van der Waals surface area contributed by atoms with Crippen LogP contribution in [0.3, 0.4) is 0 Å². The first-order chi connectivity index (χ1) is 9.90. The Hall–Kier alpha value is -1.44. The van der Waals surface area contributed by atoms with Crippen molar-refractivity contribution in [3.05, 3.63) is 29.8 Å². The molecule has 0 unspecified atom stereocenters. The average Bonchev–Trinajstić information content (AvgIpc) is 2.47. The number of carbonyl (C=O) groups excluding carboxylic acids is 1.